The number of rotatable bonds is 1. The number of nitrogens with zero attached hydrogens (tertiary/aromatic N) is 3. The summed E-state index contributed by atoms with van der Waals surface area (Å²) in [6, 6.07) is 3.79. The Bertz CT molecular complexity index is 317. The summed E-state index contributed by atoms with van der Waals surface area (Å²) in [7, 11) is 0. The van der Waals surface area contributed by atoms with E-state index >= 15 is 0 Å². The van der Waals surface area contributed by atoms with Gasteiger partial charge in [0.05, 0.1) is 0 Å². The average Bonchev–Trinajstić information content (AvgIpc) is 2.58. The van der Waals surface area contributed by atoms with Gasteiger partial charge in [-0.15, -0.1) is 10.2 Å². The summed E-state index contributed by atoms with van der Waals surface area (Å²) in [5.74, 6) is 0. The van der Waals surface area contributed by atoms with Crippen LogP contribution in [0.25, 0.3) is 10.6 Å². The van der Waals surface area contributed by atoms with Crippen molar-refractivity contribution in [3.63, 3.8) is 0 Å². The lowest BCUT2D eigenvalue weighted by Crippen LogP contribution is -1.76. The fourth-order valence-electron chi connectivity index (χ4n) is 0.761. The molecule has 11 heavy (non-hydrogen) atoms. The van der Waals surface area contributed by atoms with Crippen LogP contribution in [0.2, 0.25) is 0 Å². The van der Waals surface area contributed by atoms with E-state index in [1.807, 2.05) is 12.1 Å². The van der Waals surface area contributed by atoms with Gasteiger partial charge in [-0.25, -0.2) is 0 Å². The van der Waals surface area contributed by atoms with Gasteiger partial charge in [-0.2, -0.15) is 0 Å². The molecule has 2 aromatic rings. The molecule has 0 fully saturated rings. The minimum absolute atomic E-state index is 0.882. The minimum Gasteiger partial charge on any atom is -0.265 e. The van der Waals surface area contributed by atoms with E-state index in [9.17, 15) is 0 Å². The molecular weight excluding hydrogens is 158 g/mol. The molecule has 53 valence electrons. The van der Waals surface area contributed by atoms with Crippen LogP contribution in [0.5, 0.6) is 0 Å². The SMILES string of the molecule is [c]1nnc(-c2ccncc2)s1. The molecule has 0 aromatic carbocycles. The lowest BCUT2D eigenvalue weighted by atomic mass is 10.3. The summed E-state index contributed by atoms with van der Waals surface area (Å²) < 4.78 is 0. The molecule has 0 aliphatic rings. The molecule has 0 unspecified atom stereocenters. The molecule has 2 rings (SSSR count). The van der Waals surface area contributed by atoms with Gasteiger partial charge in [-0.05, 0) is 12.1 Å². The van der Waals surface area contributed by atoms with Gasteiger partial charge in [-0.3, -0.25) is 4.98 Å². The first-order valence-electron chi connectivity index (χ1n) is 3.07. The predicted molar refractivity (Wildman–Crippen MR) is 42.0 cm³/mol. The highest BCUT2D eigenvalue weighted by atomic mass is 32.1. The van der Waals surface area contributed by atoms with E-state index in [1.54, 1.807) is 12.4 Å². The van der Waals surface area contributed by atoms with Gasteiger partial charge in [0.15, 0.2) is 5.51 Å². The Morgan fingerprint density at radius 1 is 1.27 bits per heavy atom. The lowest BCUT2D eigenvalue weighted by molar-refractivity contribution is 1.09. The second kappa shape index (κ2) is 2.75. The first-order valence-corrected chi connectivity index (χ1v) is 3.88. The molecule has 0 saturated heterocycles. The standard InChI is InChI=1S/C7H4N3S/c1-3-8-4-2-6(1)7-10-9-5-11-7/h1-4H. The highest BCUT2D eigenvalue weighted by molar-refractivity contribution is 7.12. The third-order valence-electron chi connectivity index (χ3n) is 1.25. The van der Waals surface area contributed by atoms with Crippen molar-refractivity contribution in [2.45, 2.75) is 0 Å². The van der Waals surface area contributed by atoms with Crippen LogP contribution in [0, 0.1) is 5.51 Å². The maximum absolute atomic E-state index is 3.90. The molecule has 0 atom stereocenters. The van der Waals surface area contributed by atoms with Gasteiger partial charge in [0, 0.05) is 18.0 Å². The lowest BCUT2D eigenvalue weighted by Gasteiger charge is -1.89. The third-order valence-corrected chi connectivity index (χ3v) is 1.93. The Morgan fingerprint density at radius 2 is 2.09 bits per heavy atom. The van der Waals surface area contributed by atoms with Crippen molar-refractivity contribution < 1.29 is 0 Å². The molecule has 0 saturated carbocycles. The van der Waals surface area contributed by atoms with Gasteiger partial charge < -0.3 is 0 Å². The van der Waals surface area contributed by atoms with Crippen molar-refractivity contribution >= 4 is 11.3 Å². The van der Waals surface area contributed by atoms with Crippen LogP contribution in [0.15, 0.2) is 24.5 Å². The number of pyridine rings is 1. The Balaban J connectivity index is 2.46. The van der Waals surface area contributed by atoms with Crippen molar-refractivity contribution in [1.29, 1.82) is 0 Å². The fourth-order valence-corrected chi connectivity index (χ4v) is 1.26. The number of hydrogen-bond acceptors (Lipinski definition) is 4. The normalized spacial score (nSPS) is 9.82. The third kappa shape index (κ3) is 1.25. The monoisotopic (exact) mass is 162 g/mol. The molecule has 0 spiro atoms. The van der Waals surface area contributed by atoms with Crippen LogP contribution in [0.4, 0.5) is 0 Å². The summed E-state index contributed by atoms with van der Waals surface area (Å²) in [6.07, 6.45) is 3.47. The Labute approximate surface area is 67.8 Å². The van der Waals surface area contributed by atoms with E-state index in [0.717, 1.165) is 10.6 Å². The van der Waals surface area contributed by atoms with Gasteiger partial charge in [0.1, 0.15) is 5.01 Å². The van der Waals surface area contributed by atoms with E-state index in [0.29, 0.717) is 0 Å². The maximum Gasteiger partial charge on any atom is 0.178 e. The summed E-state index contributed by atoms with van der Waals surface area (Å²) in [5.41, 5.74) is 3.73. The molecular formula is C7H4N3S. The van der Waals surface area contributed by atoms with Crippen LogP contribution in [-0.4, -0.2) is 15.2 Å². The van der Waals surface area contributed by atoms with Crippen molar-refractivity contribution in [2.24, 2.45) is 0 Å². The Hall–Kier alpha value is -1.29. The molecule has 3 nitrogen and oxygen atoms in total. The molecule has 0 N–H and O–H groups in total. The zero-order chi connectivity index (χ0) is 7.52. The van der Waals surface area contributed by atoms with Crippen molar-refractivity contribution in [2.75, 3.05) is 0 Å². The Morgan fingerprint density at radius 3 is 2.73 bits per heavy atom. The smallest absolute Gasteiger partial charge is 0.178 e. The van der Waals surface area contributed by atoms with Gasteiger partial charge in [0.25, 0.3) is 0 Å². The van der Waals surface area contributed by atoms with Gasteiger partial charge >= 0.3 is 0 Å². The molecule has 4 heteroatoms. The van der Waals surface area contributed by atoms with Crippen LogP contribution in [0.1, 0.15) is 0 Å². The number of aromatic nitrogens is 3. The van der Waals surface area contributed by atoms with E-state index in [1.165, 1.54) is 11.3 Å². The first kappa shape index (κ1) is 6.42. The molecule has 1 radical (unpaired) electrons. The summed E-state index contributed by atoms with van der Waals surface area (Å²) >= 11 is 1.40. The molecule has 0 aliphatic carbocycles. The van der Waals surface area contributed by atoms with E-state index < -0.39 is 0 Å². The Kier molecular flexibility index (Phi) is 1.61. The first-order chi connectivity index (χ1) is 5.47. The maximum atomic E-state index is 3.90. The fraction of sp³-hybridized carbons (Fsp3) is 0. The second-order valence-corrected chi connectivity index (χ2v) is 2.71. The molecule has 2 aromatic heterocycles. The van der Waals surface area contributed by atoms with E-state index in [4.69, 9.17) is 0 Å². The van der Waals surface area contributed by atoms with Crippen molar-refractivity contribution in [3.8, 4) is 10.6 Å². The second-order valence-electron chi connectivity index (χ2n) is 1.93. The number of hydrogen-bond donors (Lipinski definition) is 0. The average molecular weight is 162 g/mol. The topological polar surface area (TPSA) is 38.7 Å². The summed E-state index contributed by atoms with van der Waals surface area (Å²) in [4.78, 5) is 3.90. The highest BCUT2D eigenvalue weighted by Gasteiger charge is 1.98. The molecule has 0 amide bonds. The van der Waals surface area contributed by atoms with Crippen LogP contribution >= 0.6 is 11.3 Å². The summed E-state index contributed by atoms with van der Waals surface area (Å²) in [6.45, 7) is 0. The minimum atomic E-state index is 0.882. The zero-order valence-electron chi connectivity index (χ0n) is 5.56. The van der Waals surface area contributed by atoms with Crippen LogP contribution in [0.3, 0.4) is 0 Å². The zero-order valence-corrected chi connectivity index (χ0v) is 6.38. The molecule has 0 aliphatic heterocycles. The van der Waals surface area contributed by atoms with Crippen molar-refractivity contribution in [3.05, 3.63) is 30.0 Å². The van der Waals surface area contributed by atoms with Gasteiger partial charge in [0.2, 0.25) is 0 Å². The van der Waals surface area contributed by atoms with E-state index in [2.05, 4.69) is 20.7 Å². The largest absolute Gasteiger partial charge is 0.265 e. The van der Waals surface area contributed by atoms with Crippen LogP contribution < -0.4 is 0 Å². The van der Waals surface area contributed by atoms with Gasteiger partial charge in [-0.1, -0.05) is 11.3 Å². The summed E-state index contributed by atoms with van der Waals surface area (Å²) in [5, 5.41) is 8.38. The van der Waals surface area contributed by atoms with Crippen LogP contribution in [-0.2, 0) is 0 Å². The quantitative estimate of drug-likeness (QED) is 0.636. The van der Waals surface area contributed by atoms with E-state index in [-0.39, 0.29) is 0 Å². The van der Waals surface area contributed by atoms with Crippen molar-refractivity contribution in [1.82, 2.24) is 15.2 Å². The highest BCUT2D eigenvalue weighted by Crippen LogP contribution is 2.17. The predicted octanol–water partition coefficient (Wildman–Crippen LogP) is 1.40. The molecule has 0 bridgehead atoms. The molecule has 2 heterocycles.